The largest absolute Gasteiger partial charge is 0.477 e. The third-order valence-corrected chi connectivity index (χ3v) is 8.12. The van der Waals surface area contributed by atoms with Crippen LogP contribution in [0.5, 0.6) is 0 Å². The Hall–Kier alpha value is -4.57. The average molecular weight is 570 g/mol. The zero-order valence-corrected chi connectivity index (χ0v) is 21.9. The van der Waals surface area contributed by atoms with Crippen molar-refractivity contribution >= 4 is 68.6 Å². The third kappa shape index (κ3) is 5.10. The number of oxime groups is 1. The summed E-state index contributed by atoms with van der Waals surface area (Å²) in [5, 5.41) is 20.6. The van der Waals surface area contributed by atoms with Gasteiger partial charge in [-0.3, -0.25) is 19.3 Å². The fraction of sp³-hybridized carbons (Fsp3) is 0.217. The maximum Gasteiger partial charge on any atom is 0.433 e. The minimum atomic E-state index is -1.24. The highest BCUT2D eigenvalue weighted by Gasteiger charge is 2.54. The summed E-state index contributed by atoms with van der Waals surface area (Å²) in [5.41, 5.74) is 5.64. The highest BCUT2D eigenvalue weighted by molar-refractivity contribution is 8.00. The van der Waals surface area contributed by atoms with E-state index in [9.17, 15) is 24.3 Å². The van der Waals surface area contributed by atoms with Crippen LogP contribution >= 0.6 is 23.1 Å². The summed E-state index contributed by atoms with van der Waals surface area (Å²) in [5.74, 6) is -2.61. The molecule has 0 saturated carbocycles. The molecule has 2 aliphatic rings. The van der Waals surface area contributed by atoms with Crippen LogP contribution in [0.4, 0.5) is 10.6 Å². The van der Waals surface area contributed by atoms with Crippen LogP contribution in [0, 0.1) is 0 Å². The lowest BCUT2D eigenvalue weighted by Gasteiger charge is -2.49. The number of thioether (sulfide) groups is 1. The van der Waals surface area contributed by atoms with Crippen LogP contribution in [-0.4, -0.2) is 73.8 Å². The Morgan fingerprint density at radius 2 is 2.15 bits per heavy atom. The number of hydrogen-bond donors (Lipinski definition) is 4. The number of pyridine rings is 1. The molecule has 2 atom stereocenters. The first kappa shape index (κ1) is 26.1. The Morgan fingerprint density at radius 1 is 1.33 bits per heavy atom. The van der Waals surface area contributed by atoms with Crippen LogP contribution in [0.15, 0.2) is 58.6 Å². The Bertz CT molecular complexity index is 1570. The average Bonchev–Trinajstić information content (AvgIpc) is 3.39. The maximum absolute atomic E-state index is 13.1. The van der Waals surface area contributed by atoms with Crippen molar-refractivity contribution in [3.05, 3.63) is 59.3 Å². The van der Waals surface area contributed by atoms with Crippen LogP contribution in [0.2, 0.25) is 0 Å². The number of anilines is 1. The number of thiophene rings is 1. The van der Waals surface area contributed by atoms with E-state index in [4.69, 9.17) is 5.73 Å². The first-order valence-electron chi connectivity index (χ1n) is 11.4. The summed E-state index contributed by atoms with van der Waals surface area (Å²) in [4.78, 5) is 63.7. The third-order valence-electron chi connectivity index (χ3n) is 5.89. The van der Waals surface area contributed by atoms with Crippen molar-refractivity contribution in [2.75, 3.05) is 18.5 Å². The highest BCUT2D eigenvalue weighted by atomic mass is 32.2. The molecule has 0 radical (unpaired) electrons. The smallest absolute Gasteiger partial charge is 0.433 e. The van der Waals surface area contributed by atoms with E-state index in [1.54, 1.807) is 11.3 Å². The fourth-order valence-corrected chi connectivity index (χ4v) is 6.19. The number of nitrogens with two attached hydrogens (primary N) is 1. The molecule has 14 nitrogen and oxygen atoms in total. The van der Waals surface area contributed by atoms with Crippen molar-refractivity contribution in [3.63, 3.8) is 0 Å². The van der Waals surface area contributed by atoms with Gasteiger partial charge >= 0.3 is 12.1 Å². The van der Waals surface area contributed by atoms with Crippen molar-refractivity contribution in [3.8, 4) is 0 Å². The van der Waals surface area contributed by atoms with Gasteiger partial charge in [0.1, 0.15) is 22.9 Å². The van der Waals surface area contributed by atoms with Crippen LogP contribution < -0.4 is 20.9 Å². The van der Waals surface area contributed by atoms with E-state index in [0.29, 0.717) is 11.3 Å². The number of carboxylic acids is 1. The molecular weight excluding hydrogens is 548 g/mol. The molecule has 5 rings (SSSR count). The minimum absolute atomic E-state index is 0.0361. The van der Waals surface area contributed by atoms with Crippen LogP contribution in [0.25, 0.3) is 10.1 Å². The summed E-state index contributed by atoms with van der Waals surface area (Å²) >= 11 is 2.93. The summed E-state index contributed by atoms with van der Waals surface area (Å²) in [6.07, 6.45) is 4.13. The number of amides is 3. The zero-order valence-electron chi connectivity index (χ0n) is 20.2. The van der Waals surface area contributed by atoms with Crippen molar-refractivity contribution < 1.29 is 33.7 Å². The predicted molar refractivity (Wildman–Crippen MR) is 140 cm³/mol. The number of rotatable bonds is 7. The van der Waals surface area contributed by atoms with Gasteiger partial charge in [0.05, 0.1) is 5.39 Å². The van der Waals surface area contributed by atoms with Crippen molar-refractivity contribution in [2.45, 2.75) is 18.0 Å². The second-order valence-electron chi connectivity index (χ2n) is 8.35. The molecule has 5 heterocycles. The normalized spacial score (nSPS) is 18.8. The predicted octanol–water partition coefficient (Wildman–Crippen LogP) is 0.0599. The van der Waals surface area contributed by atoms with Crippen LogP contribution in [0.3, 0.4) is 0 Å². The molecule has 0 aromatic carbocycles. The van der Waals surface area contributed by atoms with Gasteiger partial charge in [0, 0.05) is 35.3 Å². The first-order chi connectivity index (χ1) is 18.8. The number of carbonyl (C=O) groups is 4. The molecule has 39 heavy (non-hydrogen) atoms. The van der Waals surface area contributed by atoms with Crippen molar-refractivity contribution in [1.29, 1.82) is 0 Å². The molecule has 0 spiro atoms. The van der Waals surface area contributed by atoms with Gasteiger partial charge in [0.25, 0.3) is 11.8 Å². The molecule has 3 aromatic rings. The topological polar surface area (TPSA) is 193 Å². The molecule has 1 unspecified atom stereocenters. The van der Waals surface area contributed by atoms with E-state index >= 15 is 0 Å². The summed E-state index contributed by atoms with van der Waals surface area (Å²) in [7, 11) is 1.30. The van der Waals surface area contributed by atoms with Crippen LogP contribution in [0.1, 0.15) is 5.82 Å². The molecule has 2 aliphatic heterocycles. The summed E-state index contributed by atoms with van der Waals surface area (Å²) < 4.78 is 2.99. The van der Waals surface area contributed by atoms with Crippen molar-refractivity contribution in [1.82, 2.24) is 25.5 Å². The molecule has 1 saturated heterocycles. The van der Waals surface area contributed by atoms with Gasteiger partial charge in [0.2, 0.25) is 5.71 Å². The second-order valence-corrected chi connectivity index (χ2v) is 10.4. The Labute approximate surface area is 228 Å². The molecule has 200 valence electrons. The van der Waals surface area contributed by atoms with E-state index in [1.165, 1.54) is 36.0 Å². The van der Waals surface area contributed by atoms with Gasteiger partial charge in [-0.05, 0) is 17.5 Å². The van der Waals surface area contributed by atoms with Gasteiger partial charge in [0.15, 0.2) is 24.8 Å². The van der Waals surface area contributed by atoms with E-state index in [0.717, 1.165) is 10.1 Å². The van der Waals surface area contributed by atoms with Gasteiger partial charge < -0.3 is 21.5 Å². The Kier molecular flexibility index (Phi) is 7.12. The summed E-state index contributed by atoms with van der Waals surface area (Å²) in [6, 6.07) is 4.27. The number of β-lactam (4-membered cyclic amide) rings is 1. The lowest BCUT2D eigenvalue weighted by molar-refractivity contribution is -0.687. The zero-order chi connectivity index (χ0) is 27.7. The second kappa shape index (κ2) is 10.7. The fourth-order valence-electron chi connectivity index (χ4n) is 4.09. The molecule has 0 bridgehead atoms. The SMILES string of the molecule is CNC(=O)O/N=C(/C(=O)NC1C(=O)N2C(C(=O)O)=C(C[n+]3ccc4sccc4c3)CS[C@H]12)c1nccc(N)n1. The molecule has 0 aliphatic carbocycles. The minimum Gasteiger partial charge on any atom is -0.477 e. The monoisotopic (exact) mass is 569 g/mol. The maximum atomic E-state index is 13.1. The molecule has 5 N–H and O–H groups in total. The standard InChI is InChI=1S/C23H20N8O6S2/c1-25-23(36)37-29-15(18-26-5-2-14(24)27-18)19(32)28-16-20(33)31-17(22(34)35)12(10-39-21(16)31)9-30-6-3-13-11(8-30)4-7-38-13/h2-8,16,21H,9-10H2,1H3,(H4-,24,25,26,27,28,32,34,35,36)/p+1/b29-15+/t16?,21-/m1/s1. The van der Waals surface area contributed by atoms with E-state index in [1.807, 2.05) is 34.5 Å². The van der Waals surface area contributed by atoms with Gasteiger partial charge in [-0.15, -0.1) is 23.1 Å². The first-order valence-corrected chi connectivity index (χ1v) is 13.3. The molecule has 16 heteroatoms. The van der Waals surface area contributed by atoms with Gasteiger partial charge in [-0.25, -0.2) is 24.1 Å². The number of nitrogen functional groups attached to an aromatic ring is 1. The number of nitrogens with zero attached hydrogens (tertiary/aromatic N) is 5. The molecular formula is C23H21N8O6S2+. The lowest BCUT2D eigenvalue weighted by Crippen LogP contribution is -2.71. The van der Waals surface area contributed by atoms with E-state index in [2.05, 4.69) is 30.6 Å². The lowest BCUT2D eigenvalue weighted by atomic mass is 10.0. The molecule has 3 amide bonds. The Balaban J connectivity index is 1.36. The number of nitrogens with one attached hydrogen (secondary N) is 2. The number of fused-ring (bicyclic) bond motifs is 2. The number of hydrogen-bond acceptors (Lipinski definition) is 11. The Morgan fingerprint density at radius 3 is 2.90 bits per heavy atom. The van der Waals surface area contributed by atoms with Gasteiger partial charge in [-0.1, -0.05) is 5.16 Å². The van der Waals surface area contributed by atoms with Gasteiger partial charge in [-0.2, -0.15) is 0 Å². The number of carboxylic acid groups (broad SMARTS) is 1. The molecule has 3 aromatic heterocycles. The van der Waals surface area contributed by atoms with E-state index < -0.39 is 41.0 Å². The number of aromatic nitrogens is 3. The van der Waals surface area contributed by atoms with Crippen molar-refractivity contribution in [2.24, 2.45) is 5.16 Å². The molecule has 1 fully saturated rings. The highest BCUT2D eigenvalue weighted by Crippen LogP contribution is 2.40. The number of aliphatic carboxylic acids is 1. The van der Waals surface area contributed by atoms with Crippen LogP contribution in [-0.2, 0) is 25.8 Å². The number of carbonyl (C=O) groups excluding carboxylic acids is 3. The van der Waals surface area contributed by atoms with E-state index in [-0.39, 0.29) is 23.9 Å². The summed E-state index contributed by atoms with van der Waals surface area (Å²) in [6.45, 7) is 0.286. The quantitative estimate of drug-likeness (QED) is 0.0994.